The van der Waals surface area contributed by atoms with Gasteiger partial charge in [0.2, 0.25) is 41.4 Å². The molecule has 2 aromatic carbocycles. The lowest BCUT2D eigenvalue weighted by Gasteiger charge is -2.28. The van der Waals surface area contributed by atoms with Gasteiger partial charge in [-0.25, -0.2) is 4.79 Å². The summed E-state index contributed by atoms with van der Waals surface area (Å²) < 4.78 is 0. The van der Waals surface area contributed by atoms with Gasteiger partial charge >= 0.3 is 5.97 Å². The Balaban J connectivity index is 2.32. The highest BCUT2D eigenvalue weighted by Gasteiger charge is 2.35. The van der Waals surface area contributed by atoms with Gasteiger partial charge in [0.05, 0.1) is 18.8 Å². The summed E-state index contributed by atoms with van der Waals surface area (Å²) in [6, 6.07) is 6.17. The van der Waals surface area contributed by atoms with E-state index in [-0.39, 0.29) is 75.9 Å². The number of aliphatic imine (C=N–C) groups is 2. The SMILES string of the molecule is CC(C)C[C@H](NC(=O)[C@H](CCCN=C(N)N)NC(=O)[C@H](C)NC(=O)[C@H](CO)NC(=O)[C@H](CCCN=C(N)N)NC(=O)[C@H](Cc1ccccc1)NC(=O)[C@@H](NC(=O)[C@@H](N)Cc1ccccc1)[C@@H](C)O)C(=O)O. The number of carboxylic acid groups (broad SMARTS) is 1. The number of aliphatic hydroxyl groups is 2. The van der Waals surface area contributed by atoms with Crippen LogP contribution in [0.1, 0.15) is 70.9 Å². The number of aliphatic carboxylic acids is 1. The highest BCUT2D eigenvalue weighted by molar-refractivity contribution is 5.97. The van der Waals surface area contributed by atoms with Crippen LogP contribution in [-0.4, -0.2) is 149 Å². The van der Waals surface area contributed by atoms with Crippen molar-refractivity contribution in [3.8, 4) is 0 Å². The fraction of sp³-hybridized carbons (Fsp3) is 0.522. The van der Waals surface area contributed by atoms with Gasteiger partial charge in [0, 0.05) is 19.5 Å². The quantitative estimate of drug-likeness (QED) is 0.0194. The summed E-state index contributed by atoms with van der Waals surface area (Å²) in [6.45, 7) is 5.16. The molecule has 0 aliphatic carbocycles. The molecular weight excluding hydrogens is 925 g/mol. The van der Waals surface area contributed by atoms with E-state index in [0.29, 0.717) is 5.56 Å². The summed E-state index contributed by atoms with van der Waals surface area (Å²) in [5.41, 5.74) is 29.2. The zero-order valence-corrected chi connectivity index (χ0v) is 40.5. The van der Waals surface area contributed by atoms with Crippen molar-refractivity contribution in [1.29, 1.82) is 0 Å². The van der Waals surface area contributed by atoms with Gasteiger partial charge in [0.1, 0.15) is 42.3 Å². The molecule has 2 rings (SSSR count). The van der Waals surface area contributed by atoms with E-state index in [4.69, 9.17) is 28.7 Å². The number of rotatable bonds is 31. The van der Waals surface area contributed by atoms with Gasteiger partial charge in [-0.15, -0.1) is 0 Å². The average Bonchev–Trinajstić information content (AvgIpc) is 3.31. The Labute approximate surface area is 412 Å². The van der Waals surface area contributed by atoms with Gasteiger partial charge in [-0.2, -0.15) is 0 Å². The number of nitrogens with two attached hydrogens (primary N) is 5. The van der Waals surface area contributed by atoms with Gasteiger partial charge in [-0.3, -0.25) is 43.5 Å². The molecule has 0 aliphatic rings. The smallest absolute Gasteiger partial charge is 0.326 e. The summed E-state index contributed by atoms with van der Waals surface area (Å²) in [7, 11) is 0. The lowest BCUT2D eigenvalue weighted by molar-refractivity contribution is -0.143. The minimum atomic E-state index is -1.70. The molecule has 0 heterocycles. The van der Waals surface area contributed by atoms with Gasteiger partial charge in [0.25, 0.3) is 0 Å². The molecule has 0 saturated heterocycles. The normalized spacial score (nSPS) is 14.8. The molecular formula is C46H72N14O11. The zero-order chi connectivity index (χ0) is 53.2. The summed E-state index contributed by atoms with van der Waals surface area (Å²) in [6.07, 6.45) is -1.26. The van der Waals surface area contributed by atoms with Crippen LogP contribution < -0.4 is 65.9 Å². The van der Waals surface area contributed by atoms with Crippen molar-refractivity contribution < 1.29 is 53.7 Å². The number of hydrogen-bond acceptors (Lipinski definition) is 13. The van der Waals surface area contributed by atoms with Crippen LogP contribution >= 0.6 is 0 Å². The third-order valence-corrected chi connectivity index (χ3v) is 10.7. The second-order valence-corrected chi connectivity index (χ2v) is 17.3. The fourth-order valence-corrected chi connectivity index (χ4v) is 6.87. The van der Waals surface area contributed by atoms with Crippen molar-refractivity contribution in [2.24, 2.45) is 44.6 Å². The molecule has 71 heavy (non-hydrogen) atoms. The van der Waals surface area contributed by atoms with Crippen LogP contribution in [0.2, 0.25) is 0 Å². The first-order valence-corrected chi connectivity index (χ1v) is 23.1. The monoisotopic (exact) mass is 997 g/mol. The third-order valence-electron chi connectivity index (χ3n) is 10.7. The Morgan fingerprint density at radius 3 is 1.41 bits per heavy atom. The van der Waals surface area contributed by atoms with Gasteiger partial charge in [0.15, 0.2) is 11.9 Å². The summed E-state index contributed by atoms with van der Waals surface area (Å²) in [5.74, 6) is -8.16. The van der Waals surface area contributed by atoms with Crippen LogP contribution in [0, 0.1) is 5.92 Å². The predicted octanol–water partition coefficient (Wildman–Crippen LogP) is -4.18. The molecule has 9 atom stereocenters. The topological polar surface area (TPSA) is 436 Å². The number of carbonyl (C=O) groups is 8. The molecule has 0 saturated carbocycles. The molecule has 0 spiro atoms. The molecule has 0 radical (unpaired) electrons. The van der Waals surface area contributed by atoms with E-state index in [0.717, 1.165) is 5.56 Å². The van der Waals surface area contributed by atoms with Crippen LogP contribution in [0.25, 0.3) is 0 Å². The van der Waals surface area contributed by atoms with E-state index in [9.17, 15) is 53.7 Å². The van der Waals surface area contributed by atoms with E-state index in [1.165, 1.54) is 13.8 Å². The highest BCUT2D eigenvalue weighted by Crippen LogP contribution is 2.10. The number of hydrogen-bond donors (Lipinski definition) is 15. The molecule has 25 heteroatoms. The summed E-state index contributed by atoms with van der Waals surface area (Å²) >= 11 is 0. The number of carbonyl (C=O) groups excluding carboxylic acids is 7. The van der Waals surface area contributed by atoms with Gasteiger partial charge < -0.3 is 81.2 Å². The molecule has 0 aromatic heterocycles. The van der Waals surface area contributed by atoms with Crippen LogP contribution in [-0.2, 0) is 51.2 Å². The minimum absolute atomic E-state index is 0.00682. The highest BCUT2D eigenvalue weighted by atomic mass is 16.4. The Morgan fingerprint density at radius 1 is 0.535 bits per heavy atom. The van der Waals surface area contributed by atoms with E-state index in [1.54, 1.807) is 74.5 Å². The number of carboxylic acids is 1. The first kappa shape index (κ1) is 59.7. The largest absolute Gasteiger partial charge is 0.480 e. The minimum Gasteiger partial charge on any atom is -0.480 e. The first-order valence-electron chi connectivity index (χ1n) is 23.1. The maximum absolute atomic E-state index is 14.2. The lowest BCUT2D eigenvalue weighted by Crippen LogP contribution is -2.61. The molecule has 0 unspecified atom stereocenters. The standard InChI is InChI=1S/C46H72N14O11/c1-25(2)21-34(44(70)71)58-39(65)31(17-11-19-52-45(48)49)55-37(63)26(3)54-42(68)35(24-61)59-40(66)32(18-12-20-53-46(50)51)56-41(67)33(23-29-15-9-6-10-16-29)57-43(69)36(27(4)62)60-38(64)30(47)22-28-13-7-5-8-14-28/h5-10,13-16,25-27,30-36,61-62H,11-12,17-24,47H2,1-4H3,(H,54,68)(H,55,63)(H,56,67)(H,57,69)(H,58,65)(H,59,66)(H,60,64)(H,70,71)(H4,48,49,52)(H4,50,51,53)/t26-,27+,30-,31-,32-,33-,34-,35-,36-/m0/s1. The fourth-order valence-electron chi connectivity index (χ4n) is 6.87. The van der Waals surface area contributed by atoms with Crippen LogP contribution in [0.3, 0.4) is 0 Å². The molecule has 20 N–H and O–H groups in total. The number of amides is 7. The van der Waals surface area contributed by atoms with Crippen molar-refractivity contribution in [2.45, 2.75) is 127 Å². The number of guanidine groups is 2. The number of nitrogens with zero attached hydrogens (tertiary/aromatic N) is 2. The van der Waals surface area contributed by atoms with Gasteiger partial charge in [-0.1, -0.05) is 74.5 Å². The van der Waals surface area contributed by atoms with Crippen molar-refractivity contribution in [1.82, 2.24) is 37.2 Å². The summed E-state index contributed by atoms with van der Waals surface area (Å²) in [4.78, 5) is 115. The van der Waals surface area contributed by atoms with Crippen LogP contribution in [0.15, 0.2) is 70.6 Å². The number of nitrogens with one attached hydrogen (secondary N) is 7. The van der Waals surface area contributed by atoms with Crippen molar-refractivity contribution in [3.63, 3.8) is 0 Å². The molecule has 2 aromatic rings. The second-order valence-electron chi connectivity index (χ2n) is 17.3. The maximum Gasteiger partial charge on any atom is 0.326 e. The van der Waals surface area contributed by atoms with Crippen molar-refractivity contribution >= 4 is 59.2 Å². The average molecular weight is 997 g/mol. The van der Waals surface area contributed by atoms with E-state index in [1.807, 2.05) is 0 Å². The van der Waals surface area contributed by atoms with E-state index >= 15 is 0 Å². The molecule has 0 aliphatic heterocycles. The molecule has 392 valence electrons. The summed E-state index contributed by atoms with van der Waals surface area (Å²) in [5, 5.41) is 47.8. The molecule has 7 amide bonds. The predicted molar refractivity (Wildman–Crippen MR) is 263 cm³/mol. The lowest BCUT2D eigenvalue weighted by atomic mass is 10.0. The third kappa shape index (κ3) is 22.7. The van der Waals surface area contributed by atoms with Crippen molar-refractivity contribution in [3.05, 3.63) is 71.8 Å². The van der Waals surface area contributed by atoms with E-state index in [2.05, 4.69) is 47.2 Å². The molecule has 0 bridgehead atoms. The maximum atomic E-state index is 14.2. The first-order chi connectivity index (χ1) is 33.5. The number of benzene rings is 2. The Hall–Kier alpha value is -7.38. The number of aliphatic hydroxyl groups excluding tert-OH is 2. The van der Waals surface area contributed by atoms with Crippen LogP contribution in [0.4, 0.5) is 0 Å². The second kappa shape index (κ2) is 31.0. The Bertz CT molecular complexity index is 2120. The molecule has 25 nitrogen and oxygen atoms in total. The zero-order valence-electron chi connectivity index (χ0n) is 40.5. The Morgan fingerprint density at radius 2 is 0.958 bits per heavy atom. The van der Waals surface area contributed by atoms with Crippen LogP contribution in [0.5, 0.6) is 0 Å². The van der Waals surface area contributed by atoms with Gasteiger partial charge in [-0.05, 0) is 69.4 Å². The Kier molecular flexibility index (Phi) is 26.1. The van der Waals surface area contributed by atoms with Crippen molar-refractivity contribution in [2.75, 3.05) is 19.7 Å². The van der Waals surface area contributed by atoms with E-state index < -0.39 is 108 Å². The molecule has 0 fully saturated rings.